The van der Waals surface area contributed by atoms with Crippen LogP contribution in [0.3, 0.4) is 0 Å². The molecule has 0 aliphatic heterocycles. The van der Waals surface area contributed by atoms with Crippen molar-refractivity contribution < 1.29 is 9.53 Å². The van der Waals surface area contributed by atoms with E-state index in [0.29, 0.717) is 5.13 Å². The summed E-state index contributed by atoms with van der Waals surface area (Å²) >= 11 is 1.38. The molecule has 1 N–H and O–H groups in total. The van der Waals surface area contributed by atoms with E-state index in [-0.39, 0.29) is 5.91 Å². The predicted molar refractivity (Wildman–Crippen MR) is 79.9 cm³/mol. The second-order valence-corrected chi connectivity index (χ2v) is 4.98. The quantitative estimate of drug-likeness (QED) is 0.860. The molecule has 0 unspecified atom stereocenters. The Morgan fingerprint density at radius 1 is 1.40 bits per heavy atom. The summed E-state index contributed by atoms with van der Waals surface area (Å²) in [6.07, 6.45) is 3.96. The summed E-state index contributed by atoms with van der Waals surface area (Å²) in [6.45, 7) is 1.99. The Hall–Kier alpha value is -2.21. The fraction of sp³-hybridized carbons (Fsp3) is 0.214. The SMILES string of the molecule is CCc1nnc(NC(=O)C=Cc2ccccc2OC)s1. The number of ether oxygens (including phenoxy) is 1. The average molecular weight is 289 g/mol. The first-order valence-corrected chi connectivity index (χ1v) is 6.99. The summed E-state index contributed by atoms with van der Waals surface area (Å²) < 4.78 is 5.21. The van der Waals surface area contributed by atoms with Gasteiger partial charge in [0.15, 0.2) is 0 Å². The molecule has 0 radical (unpaired) electrons. The van der Waals surface area contributed by atoms with Crippen LogP contribution in [0.4, 0.5) is 5.13 Å². The maximum atomic E-state index is 11.8. The van der Waals surface area contributed by atoms with Crippen LogP contribution in [-0.2, 0) is 11.2 Å². The number of hydrogen-bond donors (Lipinski definition) is 1. The number of amides is 1. The van der Waals surface area contributed by atoms with Crippen molar-refractivity contribution in [3.63, 3.8) is 0 Å². The largest absolute Gasteiger partial charge is 0.496 e. The summed E-state index contributed by atoms with van der Waals surface area (Å²) in [4.78, 5) is 11.8. The van der Waals surface area contributed by atoms with Gasteiger partial charge in [-0.1, -0.05) is 36.5 Å². The van der Waals surface area contributed by atoms with E-state index in [1.54, 1.807) is 13.2 Å². The number of hydrogen-bond acceptors (Lipinski definition) is 5. The molecule has 0 aliphatic carbocycles. The van der Waals surface area contributed by atoms with E-state index >= 15 is 0 Å². The lowest BCUT2D eigenvalue weighted by atomic mass is 10.2. The van der Waals surface area contributed by atoms with Crippen LogP contribution in [0, 0.1) is 0 Å². The van der Waals surface area contributed by atoms with Gasteiger partial charge in [0.25, 0.3) is 0 Å². The van der Waals surface area contributed by atoms with E-state index in [9.17, 15) is 4.79 Å². The first-order chi connectivity index (χ1) is 9.72. The van der Waals surface area contributed by atoms with Gasteiger partial charge >= 0.3 is 0 Å². The monoisotopic (exact) mass is 289 g/mol. The van der Waals surface area contributed by atoms with Crippen molar-refractivity contribution in [3.8, 4) is 5.75 Å². The van der Waals surface area contributed by atoms with Crippen molar-refractivity contribution in [2.45, 2.75) is 13.3 Å². The summed E-state index contributed by atoms with van der Waals surface area (Å²) in [6, 6.07) is 7.49. The Kier molecular flexibility index (Phi) is 4.84. The van der Waals surface area contributed by atoms with Gasteiger partial charge in [-0.25, -0.2) is 0 Å². The molecule has 2 rings (SSSR count). The minimum Gasteiger partial charge on any atom is -0.496 e. The number of carbonyl (C=O) groups is 1. The molecule has 1 amide bonds. The second-order valence-electron chi connectivity index (χ2n) is 3.92. The minimum atomic E-state index is -0.241. The van der Waals surface area contributed by atoms with Crippen LogP contribution in [0.2, 0.25) is 0 Å². The van der Waals surface area contributed by atoms with Crippen molar-refractivity contribution in [2.24, 2.45) is 0 Å². The Balaban J connectivity index is 2.02. The smallest absolute Gasteiger partial charge is 0.250 e. The van der Waals surface area contributed by atoms with Gasteiger partial charge in [0.05, 0.1) is 7.11 Å². The van der Waals surface area contributed by atoms with E-state index < -0.39 is 0 Å². The zero-order valence-corrected chi connectivity index (χ0v) is 12.1. The van der Waals surface area contributed by atoms with Crippen LogP contribution in [0.15, 0.2) is 30.3 Å². The summed E-state index contributed by atoms with van der Waals surface area (Å²) in [5.41, 5.74) is 0.844. The number of para-hydroxylation sites is 1. The summed E-state index contributed by atoms with van der Waals surface area (Å²) in [5, 5.41) is 11.9. The summed E-state index contributed by atoms with van der Waals surface area (Å²) in [7, 11) is 1.60. The van der Waals surface area contributed by atoms with Gasteiger partial charge in [0.1, 0.15) is 10.8 Å². The Bertz CT molecular complexity index is 622. The number of benzene rings is 1. The fourth-order valence-electron chi connectivity index (χ4n) is 1.56. The molecular formula is C14H15N3O2S. The Labute approximate surface area is 121 Å². The molecule has 0 aliphatic rings. The van der Waals surface area contributed by atoms with Crippen molar-refractivity contribution in [2.75, 3.05) is 12.4 Å². The van der Waals surface area contributed by atoms with Gasteiger partial charge in [-0.05, 0) is 18.6 Å². The standard InChI is InChI=1S/C14H15N3O2S/c1-3-13-16-17-14(20-13)15-12(18)9-8-10-6-4-5-7-11(10)19-2/h4-9H,3H2,1-2H3,(H,15,17,18). The average Bonchev–Trinajstić information content (AvgIpc) is 2.93. The molecular weight excluding hydrogens is 274 g/mol. The van der Waals surface area contributed by atoms with Gasteiger partial charge in [-0.2, -0.15) is 0 Å². The van der Waals surface area contributed by atoms with Crippen molar-refractivity contribution in [1.82, 2.24) is 10.2 Å². The van der Waals surface area contributed by atoms with Gasteiger partial charge in [-0.3, -0.25) is 10.1 Å². The molecule has 6 heteroatoms. The number of anilines is 1. The van der Waals surface area contributed by atoms with E-state index in [2.05, 4.69) is 15.5 Å². The van der Waals surface area contributed by atoms with E-state index in [1.165, 1.54) is 17.4 Å². The molecule has 0 fully saturated rings. The highest BCUT2D eigenvalue weighted by atomic mass is 32.1. The fourth-order valence-corrected chi connectivity index (χ4v) is 2.25. The van der Waals surface area contributed by atoms with E-state index in [1.807, 2.05) is 31.2 Å². The minimum absolute atomic E-state index is 0.241. The Morgan fingerprint density at radius 2 is 2.20 bits per heavy atom. The second kappa shape index (κ2) is 6.81. The number of methoxy groups -OCH3 is 1. The molecule has 20 heavy (non-hydrogen) atoms. The van der Waals surface area contributed by atoms with Crippen molar-refractivity contribution >= 4 is 28.5 Å². The number of rotatable bonds is 5. The zero-order chi connectivity index (χ0) is 14.4. The van der Waals surface area contributed by atoms with Gasteiger partial charge < -0.3 is 4.74 Å². The number of nitrogens with zero attached hydrogens (tertiary/aromatic N) is 2. The first kappa shape index (κ1) is 14.2. The Morgan fingerprint density at radius 3 is 2.90 bits per heavy atom. The molecule has 0 atom stereocenters. The van der Waals surface area contributed by atoms with Crippen molar-refractivity contribution in [1.29, 1.82) is 0 Å². The normalized spacial score (nSPS) is 10.7. The lowest BCUT2D eigenvalue weighted by molar-refractivity contribution is -0.111. The molecule has 0 spiro atoms. The molecule has 2 aromatic rings. The maximum Gasteiger partial charge on any atom is 0.250 e. The molecule has 0 saturated carbocycles. The highest BCUT2D eigenvalue weighted by molar-refractivity contribution is 7.15. The van der Waals surface area contributed by atoms with Gasteiger partial charge in [0.2, 0.25) is 11.0 Å². The molecule has 1 aromatic heterocycles. The molecule has 104 valence electrons. The van der Waals surface area contributed by atoms with E-state index in [4.69, 9.17) is 4.74 Å². The van der Waals surface area contributed by atoms with Gasteiger partial charge in [0, 0.05) is 11.6 Å². The third-order valence-corrected chi connectivity index (χ3v) is 3.54. The lowest BCUT2D eigenvalue weighted by Gasteiger charge is -2.03. The topological polar surface area (TPSA) is 64.1 Å². The van der Waals surface area contributed by atoms with Crippen LogP contribution >= 0.6 is 11.3 Å². The third kappa shape index (κ3) is 3.64. The molecule has 1 aromatic carbocycles. The predicted octanol–water partition coefficient (Wildman–Crippen LogP) is 2.76. The van der Waals surface area contributed by atoms with Crippen LogP contribution in [0.25, 0.3) is 6.08 Å². The highest BCUT2D eigenvalue weighted by Crippen LogP contribution is 2.19. The number of nitrogens with one attached hydrogen (secondary N) is 1. The molecule has 0 saturated heterocycles. The first-order valence-electron chi connectivity index (χ1n) is 6.17. The number of aromatic nitrogens is 2. The number of aryl methyl sites for hydroxylation is 1. The van der Waals surface area contributed by atoms with Crippen LogP contribution in [0.1, 0.15) is 17.5 Å². The highest BCUT2D eigenvalue weighted by Gasteiger charge is 2.05. The zero-order valence-electron chi connectivity index (χ0n) is 11.3. The summed E-state index contributed by atoms with van der Waals surface area (Å²) in [5.74, 6) is 0.482. The molecule has 1 heterocycles. The molecule has 5 nitrogen and oxygen atoms in total. The molecule has 0 bridgehead atoms. The maximum absolute atomic E-state index is 11.8. The van der Waals surface area contributed by atoms with E-state index in [0.717, 1.165) is 22.7 Å². The van der Waals surface area contributed by atoms with Crippen molar-refractivity contribution in [3.05, 3.63) is 40.9 Å². The lowest BCUT2D eigenvalue weighted by Crippen LogP contribution is -2.07. The van der Waals surface area contributed by atoms with Gasteiger partial charge in [-0.15, -0.1) is 10.2 Å². The van der Waals surface area contributed by atoms with Crippen LogP contribution in [0.5, 0.6) is 5.75 Å². The third-order valence-electron chi connectivity index (χ3n) is 2.55. The van der Waals surface area contributed by atoms with Crippen LogP contribution < -0.4 is 10.1 Å². The van der Waals surface area contributed by atoms with Crippen LogP contribution in [-0.4, -0.2) is 23.2 Å². The number of carbonyl (C=O) groups excluding carboxylic acids is 1.